The lowest BCUT2D eigenvalue weighted by Gasteiger charge is -2.27. The highest BCUT2D eigenvalue weighted by Crippen LogP contribution is 2.27. The van der Waals surface area contributed by atoms with Crippen LogP contribution in [0, 0.1) is 0 Å². The molecule has 3 N–H and O–H groups in total. The summed E-state index contributed by atoms with van der Waals surface area (Å²) in [5.74, 6) is -0.0709. The van der Waals surface area contributed by atoms with Gasteiger partial charge in [0.15, 0.2) is 0 Å². The summed E-state index contributed by atoms with van der Waals surface area (Å²) >= 11 is 0. The van der Waals surface area contributed by atoms with E-state index in [-0.39, 0.29) is 5.91 Å². The maximum absolute atomic E-state index is 10.9. The van der Waals surface area contributed by atoms with Gasteiger partial charge in [0, 0.05) is 24.8 Å². The largest absolute Gasteiger partial charge is 0.388 e. The number of rotatable bonds is 4. The van der Waals surface area contributed by atoms with E-state index in [4.69, 9.17) is 0 Å². The lowest BCUT2D eigenvalue weighted by Crippen LogP contribution is -2.36. The third-order valence-corrected chi connectivity index (χ3v) is 3.86. The predicted octanol–water partition coefficient (Wildman–Crippen LogP) is 3.14. The first-order chi connectivity index (χ1) is 9.57. The molecule has 0 heterocycles. The number of amides is 1. The van der Waals surface area contributed by atoms with Gasteiger partial charge in [0.05, 0.1) is 5.60 Å². The summed E-state index contributed by atoms with van der Waals surface area (Å²) < 4.78 is 0. The van der Waals surface area contributed by atoms with Crippen molar-refractivity contribution in [3.05, 3.63) is 24.3 Å². The Morgan fingerprint density at radius 3 is 2.20 bits per heavy atom. The molecule has 110 valence electrons. The summed E-state index contributed by atoms with van der Waals surface area (Å²) in [6, 6.07) is 7.57. The van der Waals surface area contributed by atoms with Crippen LogP contribution in [-0.4, -0.2) is 23.2 Å². The van der Waals surface area contributed by atoms with Crippen LogP contribution in [-0.2, 0) is 4.79 Å². The Labute approximate surface area is 120 Å². The van der Waals surface area contributed by atoms with Crippen molar-refractivity contribution in [2.45, 2.75) is 51.0 Å². The molecule has 1 aromatic rings. The molecular weight excluding hydrogens is 252 g/mol. The van der Waals surface area contributed by atoms with Crippen LogP contribution in [0.4, 0.5) is 11.4 Å². The second-order valence-corrected chi connectivity index (χ2v) is 5.75. The third kappa shape index (κ3) is 4.53. The van der Waals surface area contributed by atoms with Crippen molar-refractivity contribution in [2.75, 3.05) is 17.2 Å². The molecule has 1 fully saturated rings. The maximum atomic E-state index is 10.9. The lowest BCUT2D eigenvalue weighted by atomic mass is 9.94. The van der Waals surface area contributed by atoms with Crippen LogP contribution in [0.25, 0.3) is 0 Å². The molecule has 1 aromatic carbocycles. The zero-order valence-corrected chi connectivity index (χ0v) is 12.1. The molecule has 4 heteroatoms. The van der Waals surface area contributed by atoms with Crippen molar-refractivity contribution < 1.29 is 9.90 Å². The number of hydrogen-bond donors (Lipinski definition) is 3. The van der Waals surface area contributed by atoms with Gasteiger partial charge in [-0.15, -0.1) is 0 Å². The van der Waals surface area contributed by atoms with Crippen LogP contribution in [0.3, 0.4) is 0 Å². The number of anilines is 2. The lowest BCUT2D eigenvalue weighted by molar-refractivity contribution is -0.114. The quantitative estimate of drug-likeness (QED) is 0.740. The molecule has 0 aromatic heterocycles. The van der Waals surface area contributed by atoms with Gasteiger partial charge in [-0.2, -0.15) is 0 Å². The highest BCUT2D eigenvalue weighted by Gasteiger charge is 2.27. The highest BCUT2D eigenvalue weighted by atomic mass is 16.3. The van der Waals surface area contributed by atoms with Gasteiger partial charge in [0.25, 0.3) is 0 Å². The number of hydrogen-bond acceptors (Lipinski definition) is 3. The molecule has 0 aliphatic heterocycles. The molecule has 1 aliphatic rings. The fourth-order valence-corrected chi connectivity index (χ4v) is 2.70. The minimum absolute atomic E-state index is 0.0709. The van der Waals surface area contributed by atoms with Crippen LogP contribution in [0.1, 0.15) is 45.4 Å². The minimum Gasteiger partial charge on any atom is -0.388 e. The van der Waals surface area contributed by atoms with E-state index in [2.05, 4.69) is 10.6 Å². The van der Waals surface area contributed by atoms with E-state index in [0.29, 0.717) is 6.54 Å². The van der Waals surface area contributed by atoms with Gasteiger partial charge in [0.1, 0.15) is 0 Å². The standard InChI is InChI=1S/C16H24N2O2/c1-13(19)18-15-8-6-14(7-9-15)17-12-16(20)10-4-2-3-5-11-16/h6-9,17,20H,2-5,10-12H2,1H3,(H,18,19). The van der Waals surface area contributed by atoms with E-state index in [0.717, 1.165) is 37.1 Å². The molecule has 1 aliphatic carbocycles. The molecule has 0 radical (unpaired) electrons. The molecule has 2 rings (SSSR count). The van der Waals surface area contributed by atoms with Crippen LogP contribution in [0.2, 0.25) is 0 Å². The second-order valence-electron chi connectivity index (χ2n) is 5.75. The Kier molecular flexibility index (Phi) is 5.01. The molecule has 20 heavy (non-hydrogen) atoms. The average molecular weight is 276 g/mol. The monoisotopic (exact) mass is 276 g/mol. The van der Waals surface area contributed by atoms with Gasteiger partial charge >= 0.3 is 0 Å². The van der Waals surface area contributed by atoms with Crippen molar-refractivity contribution in [1.82, 2.24) is 0 Å². The summed E-state index contributed by atoms with van der Waals surface area (Å²) in [5, 5.41) is 16.6. The van der Waals surface area contributed by atoms with Gasteiger partial charge in [-0.05, 0) is 37.1 Å². The van der Waals surface area contributed by atoms with Crippen molar-refractivity contribution in [1.29, 1.82) is 0 Å². The molecule has 0 spiro atoms. The number of aliphatic hydroxyl groups is 1. The predicted molar refractivity (Wildman–Crippen MR) is 81.9 cm³/mol. The first-order valence-electron chi connectivity index (χ1n) is 7.41. The van der Waals surface area contributed by atoms with E-state index in [1.807, 2.05) is 24.3 Å². The fraction of sp³-hybridized carbons (Fsp3) is 0.562. The summed E-state index contributed by atoms with van der Waals surface area (Å²) in [7, 11) is 0. The van der Waals surface area contributed by atoms with E-state index in [9.17, 15) is 9.90 Å². The normalized spacial score (nSPS) is 18.1. The Morgan fingerprint density at radius 2 is 1.65 bits per heavy atom. The zero-order valence-electron chi connectivity index (χ0n) is 12.1. The first-order valence-corrected chi connectivity index (χ1v) is 7.41. The minimum atomic E-state index is -0.577. The van der Waals surface area contributed by atoms with Crippen molar-refractivity contribution in [2.24, 2.45) is 0 Å². The molecule has 4 nitrogen and oxygen atoms in total. The Balaban J connectivity index is 1.88. The van der Waals surface area contributed by atoms with Crippen LogP contribution in [0.15, 0.2) is 24.3 Å². The number of benzene rings is 1. The van der Waals surface area contributed by atoms with Gasteiger partial charge in [-0.3, -0.25) is 4.79 Å². The molecule has 0 unspecified atom stereocenters. The van der Waals surface area contributed by atoms with Gasteiger partial charge in [0.2, 0.25) is 5.91 Å². The van der Waals surface area contributed by atoms with Crippen molar-refractivity contribution in [3.8, 4) is 0 Å². The zero-order chi connectivity index (χ0) is 14.4. The van der Waals surface area contributed by atoms with Gasteiger partial charge in [-0.1, -0.05) is 25.7 Å². The Morgan fingerprint density at radius 1 is 1.10 bits per heavy atom. The summed E-state index contributed by atoms with van der Waals surface area (Å²) in [4.78, 5) is 10.9. The van der Waals surface area contributed by atoms with E-state index in [1.165, 1.54) is 19.8 Å². The molecular formula is C16H24N2O2. The highest BCUT2D eigenvalue weighted by molar-refractivity contribution is 5.88. The van der Waals surface area contributed by atoms with Crippen LogP contribution >= 0.6 is 0 Å². The fourth-order valence-electron chi connectivity index (χ4n) is 2.70. The number of carbonyl (C=O) groups excluding carboxylic acids is 1. The van der Waals surface area contributed by atoms with E-state index >= 15 is 0 Å². The number of carbonyl (C=O) groups is 1. The number of nitrogens with one attached hydrogen (secondary N) is 2. The van der Waals surface area contributed by atoms with Gasteiger partial charge in [-0.25, -0.2) is 0 Å². The van der Waals surface area contributed by atoms with Crippen LogP contribution in [0.5, 0.6) is 0 Å². The van der Waals surface area contributed by atoms with Crippen LogP contribution < -0.4 is 10.6 Å². The molecule has 0 saturated heterocycles. The Hall–Kier alpha value is -1.55. The Bertz CT molecular complexity index is 434. The maximum Gasteiger partial charge on any atom is 0.221 e. The molecule has 0 atom stereocenters. The first kappa shape index (κ1) is 14.9. The SMILES string of the molecule is CC(=O)Nc1ccc(NCC2(O)CCCCCC2)cc1. The average Bonchev–Trinajstić information content (AvgIpc) is 2.63. The summed E-state index contributed by atoms with van der Waals surface area (Å²) in [6.45, 7) is 2.08. The molecule has 0 bridgehead atoms. The summed E-state index contributed by atoms with van der Waals surface area (Å²) in [6.07, 6.45) is 6.44. The van der Waals surface area contributed by atoms with E-state index in [1.54, 1.807) is 0 Å². The van der Waals surface area contributed by atoms with Crippen molar-refractivity contribution >= 4 is 17.3 Å². The van der Waals surface area contributed by atoms with E-state index < -0.39 is 5.60 Å². The molecule has 1 saturated carbocycles. The smallest absolute Gasteiger partial charge is 0.221 e. The molecule has 1 amide bonds. The van der Waals surface area contributed by atoms with Crippen molar-refractivity contribution in [3.63, 3.8) is 0 Å². The van der Waals surface area contributed by atoms with Gasteiger partial charge < -0.3 is 15.7 Å². The summed E-state index contributed by atoms with van der Waals surface area (Å²) in [5.41, 5.74) is 1.18. The third-order valence-electron chi connectivity index (χ3n) is 3.86. The second kappa shape index (κ2) is 6.75. The topological polar surface area (TPSA) is 61.4 Å².